The maximum atomic E-state index is 11.1. The Morgan fingerprint density at radius 1 is 1.57 bits per heavy atom. The van der Waals surface area contributed by atoms with E-state index in [0.29, 0.717) is 12.6 Å². The van der Waals surface area contributed by atoms with Gasteiger partial charge in [0.2, 0.25) is 0 Å². The number of Topliss-reactive ketones (excluding diaryl/α,β-unsaturated/α-hetero) is 1. The largest absolute Gasteiger partial charge is 0.309 e. The topological polar surface area (TPSA) is 42.0 Å². The van der Waals surface area contributed by atoms with Crippen LogP contribution in [0.3, 0.4) is 0 Å². The molecule has 14 heavy (non-hydrogen) atoms. The number of rotatable bonds is 4. The summed E-state index contributed by atoms with van der Waals surface area (Å²) in [5, 5.41) is 3.25. The highest BCUT2D eigenvalue weighted by atomic mass is 16.1. The maximum Gasteiger partial charge on any atom is 0.159 e. The van der Waals surface area contributed by atoms with Crippen LogP contribution in [0.25, 0.3) is 0 Å². The lowest BCUT2D eigenvalue weighted by molar-refractivity contribution is 0.101. The van der Waals surface area contributed by atoms with E-state index in [0.717, 1.165) is 11.3 Å². The van der Waals surface area contributed by atoms with Crippen molar-refractivity contribution in [1.29, 1.82) is 0 Å². The first-order valence-corrected chi connectivity index (χ1v) is 4.79. The summed E-state index contributed by atoms with van der Waals surface area (Å²) in [6.45, 7) is 6.43. The summed E-state index contributed by atoms with van der Waals surface area (Å²) in [5.41, 5.74) is 1.63. The van der Waals surface area contributed by atoms with Crippen LogP contribution in [0.1, 0.15) is 36.8 Å². The molecule has 1 aromatic heterocycles. The zero-order valence-electron chi connectivity index (χ0n) is 8.87. The van der Waals surface area contributed by atoms with E-state index in [1.807, 2.05) is 6.07 Å². The summed E-state index contributed by atoms with van der Waals surface area (Å²) in [4.78, 5) is 15.3. The van der Waals surface area contributed by atoms with Crippen LogP contribution in [-0.2, 0) is 6.54 Å². The molecule has 1 aromatic rings. The van der Waals surface area contributed by atoms with Crippen LogP contribution in [0.15, 0.2) is 18.3 Å². The number of hydrogen-bond donors (Lipinski definition) is 1. The molecule has 76 valence electrons. The van der Waals surface area contributed by atoms with Gasteiger partial charge < -0.3 is 5.32 Å². The Morgan fingerprint density at radius 3 is 2.86 bits per heavy atom. The number of aromatic nitrogens is 1. The number of ketones is 1. The van der Waals surface area contributed by atoms with Gasteiger partial charge in [-0.05, 0) is 19.1 Å². The first-order valence-electron chi connectivity index (χ1n) is 4.79. The fourth-order valence-electron chi connectivity index (χ4n) is 1.10. The lowest BCUT2D eigenvalue weighted by Crippen LogP contribution is -2.22. The van der Waals surface area contributed by atoms with Crippen LogP contribution in [-0.4, -0.2) is 16.8 Å². The Bertz CT molecular complexity index is 321. The summed E-state index contributed by atoms with van der Waals surface area (Å²) < 4.78 is 0. The van der Waals surface area contributed by atoms with E-state index in [-0.39, 0.29) is 5.78 Å². The molecule has 1 N–H and O–H groups in total. The van der Waals surface area contributed by atoms with Gasteiger partial charge in [0, 0.05) is 24.3 Å². The van der Waals surface area contributed by atoms with Crippen molar-refractivity contribution in [2.24, 2.45) is 0 Å². The number of nitrogens with one attached hydrogen (secondary N) is 1. The molecule has 0 saturated heterocycles. The molecule has 0 aliphatic heterocycles. The van der Waals surface area contributed by atoms with Gasteiger partial charge in [0.25, 0.3) is 0 Å². The minimum atomic E-state index is 0.0817. The molecular formula is C11H16N2O. The minimum Gasteiger partial charge on any atom is -0.309 e. The number of carbonyl (C=O) groups excluding carboxylic acids is 1. The van der Waals surface area contributed by atoms with Crippen molar-refractivity contribution in [3.8, 4) is 0 Å². The molecule has 1 heterocycles. The van der Waals surface area contributed by atoms with Crippen LogP contribution in [0.2, 0.25) is 0 Å². The Kier molecular flexibility index (Phi) is 3.77. The third-order valence-electron chi connectivity index (χ3n) is 1.91. The summed E-state index contributed by atoms with van der Waals surface area (Å²) in [6, 6.07) is 4.00. The van der Waals surface area contributed by atoms with Gasteiger partial charge in [-0.3, -0.25) is 9.78 Å². The van der Waals surface area contributed by atoms with Crippen LogP contribution in [0.4, 0.5) is 0 Å². The van der Waals surface area contributed by atoms with Gasteiger partial charge in [0.1, 0.15) is 0 Å². The van der Waals surface area contributed by atoms with Gasteiger partial charge in [-0.1, -0.05) is 13.8 Å². The lowest BCUT2D eigenvalue weighted by atomic mass is 10.1. The van der Waals surface area contributed by atoms with E-state index in [1.165, 1.54) is 0 Å². The fraction of sp³-hybridized carbons (Fsp3) is 0.455. The molecule has 0 aliphatic carbocycles. The first-order chi connectivity index (χ1) is 6.59. The van der Waals surface area contributed by atoms with E-state index < -0.39 is 0 Å². The highest BCUT2D eigenvalue weighted by molar-refractivity contribution is 5.93. The molecule has 0 aliphatic rings. The first kappa shape index (κ1) is 10.9. The van der Waals surface area contributed by atoms with E-state index >= 15 is 0 Å². The fourth-order valence-corrected chi connectivity index (χ4v) is 1.10. The predicted molar refractivity (Wildman–Crippen MR) is 56.2 cm³/mol. The molecular weight excluding hydrogens is 176 g/mol. The summed E-state index contributed by atoms with van der Waals surface area (Å²) in [6.07, 6.45) is 1.67. The second kappa shape index (κ2) is 4.86. The quantitative estimate of drug-likeness (QED) is 0.739. The van der Waals surface area contributed by atoms with Crippen molar-refractivity contribution in [1.82, 2.24) is 10.3 Å². The Labute approximate surface area is 84.6 Å². The second-order valence-corrected chi connectivity index (χ2v) is 3.63. The standard InChI is InChI=1S/C11H16N2O/c1-8(2)13-7-11-6-10(9(3)14)4-5-12-11/h4-6,8,13H,7H2,1-3H3. The second-order valence-electron chi connectivity index (χ2n) is 3.63. The van der Waals surface area contributed by atoms with Crippen molar-refractivity contribution in [3.05, 3.63) is 29.6 Å². The molecule has 0 fully saturated rings. The molecule has 1 rings (SSSR count). The SMILES string of the molecule is CC(=O)c1ccnc(CNC(C)C)c1. The molecule has 0 amide bonds. The van der Waals surface area contributed by atoms with Gasteiger partial charge in [-0.25, -0.2) is 0 Å². The van der Waals surface area contributed by atoms with Gasteiger partial charge >= 0.3 is 0 Å². The van der Waals surface area contributed by atoms with Gasteiger partial charge in [-0.15, -0.1) is 0 Å². The molecule has 0 radical (unpaired) electrons. The van der Waals surface area contributed by atoms with E-state index in [2.05, 4.69) is 24.1 Å². The third kappa shape index (κ3) is 3.26. The van der Waals surface area contributed by atoms with E-state index in [9.17, 15) is 4.79 Å². The zero-order chi connectivity index (χ0) is 10.6. The smallest absolute Gasteiger partial charge is 0.159 e. The van der Waals surface area contributed by atoms with E-state index in [1.54, 1.807) is 19.2 Å². The van der Waals surface area contributed by atoms with Crippen molar-refractivity contribution in [2.45, 2.75) is 33.4 Å². The normalized spacial score (nSPS) is 10.6. The Hall–Kier alpha value is -1.22. The minimum absolute atomic E-state index is 0.0817. The van der Waals surface area contributed by atoms with Crippen LogP contribution in [0, 0.1) is 0 Å². The predicted octanol–water partition coefficient (Wildman–Crippen LogP) is 1.78. The third-order valence-corrected chi connectivity index (χ3v) is 1.91. The van der Waals surface area contributed by atoms with Gasteiger partial charge in [-0.2, -0.15) is 0 Å². The molecule has 0 unspecified atom stereocenters. The average molecular weight is 192 g/mol. The van der Waals surface area contributed by atoms with Crippen LogP contribution >= 0.6 is 0 Å². The molecule has 0 saturated carbocycles. The number of pyridine rings is 1. The summed E-state index contributed by atoms with van der Waals surface area (Å²) in [5.74, 6) is 0.0817. The Balaban J connectivity index is 2.69. The van der Waals surface area contributed by atoms with Crippen molar-refractivity contribution in [3.63, 3.8) is 0 Å². The Morgan fingerprint density at radius 2 is 2.29 bits per heavy atom. The van der Waals surface area contributed by atoms with Crippen LogP contribution < -0.4 is 5.32 Å². The summed E-state index contributed by atoms with van der Waals surface area (Å²) in [7, 11) is 0. The maximum absolute atomic E-state index is 11.1. The highest BCUT2D eigenvalue weighted by Crippen LogP contribution is 2.02. The number of carbonyl (C=O) groups is 1. The lowest BCUT2D eigenvalue weighted by Gasteiger charge is -2.07. The van der Waals surface area contributed by atoms with Gasteiger partial charge in [0.15, 0.2) is 5.78 Å². The molecule has 3 nitrogen and oxygen atoms in total. The molecule has 3 heteroatoms. The van der Waals surface area contributed by atoms with Crippen molar-refractivity contribution >= 4 is 5.78 Å². The zero-order valence-corrected chi connectivity index (χ0v) is 8.87. The molecule has 0 aromatic carbocycles. The molecule has 0 spiro atoms. The summed E-state index contributed by atoms with van der Waals surface area (Å²) >= 11 is 0. The number of nitrogens with zero attached hydrogens (tertiary/aromatic N) is 1. The molecule has 0 atom stereocenters. The average Bonchev–Trinajstić information content (AvgIpc) is 2.15. The van der Waals surface area contributed by atoms with E-state index in [4.69, 9.17) is 0 Å². The molecule has 0 bridgehead atoms. The van der Waals surface area contributed by atoms with Crippen LogP contribution in [0.5, 0.6) is 0 Å². The number of hydrogen-bond acceptors (Lipinski definition) is 3. The monoisotopic (exact) mass is 192 g/mol. The highest BCUT2D eigenvalue weighted by Gasteiger charge is 2.01. The van der Waals surface area contributed by atoms with Crippen molar-refractivity contribution < 1.29 is 4.79 Å². The van der Waals surface area contributed by atoms with Gasteiger partial charge in [0.05, 0.1) is 5.69 Å². The van der Waals surface area contributed by atoms with Crippen molar-refractivity contribution in [2.75, 3.05) is 0 Å².